The zero-order chi connectivity index (χ0) is 19.1. The lowest BCUT2D eigenvalue weighted by atomic mass is 9.51. The predicted molar refractivity (Wildman–Crippen MR) is 86.0 cm³/mol. The van der Waals surface area contributed by atoms with Gasteiger partial charge in [0.1, 0.15) is 0 Å². The molecule has 0 amide bonds. The van der Waals surface area contributed by atoms with Crippen molar-refractivity contribution in [2.24, 2.45) is 29.6 Å². The van der Waals surface area contributed by atoms with Gasteiger partial charge in [-0.05, 0) is 68.1 Å². The number of carbonyl (C=O) groups is 1. The minimum atomic E-state index is -5.02. The van der Waals surface area contributed by atoms with Crippen molar-refractivity contribution in [3.05, 3.63) is 0 Å². The molecule has 1 N–H and O–H groups in total. The van der Waals surface area contributed by atoms with Gasteiger partial charge in [0.25, 0.3) is 0 Å². The van der Waals surface area contributed by atoms with E-state index in [2.05, 4.69) is 0 Å². The van der Waals surface area contributed by atoms with Crippen molar-refractivity contribution < 1.29 is 35.9 Å². The maximum atomic E-state index is 13.3. The fourth-order valence-corrected chi connectivity index (χ4v) is 5.73. The van der Waals surface area contributed by atoms with E-state index >= 15 is 0 Å². The minimum Gasteiger partial charge on any atom is -0.466 e. The molecule has 4 bridgehead atoms. The molecule has 0 aromatic rings. The Labute approximate surface area is 152 Å². The van der Waals surface area contributed by atoms with Gasteiger partial charge in [0.05, 0.1) is 6.61 Å². The van der Waals surface area contributed by atoms with E-state index < -0.39 is 47.7 Å². The van der Waals surface area contributed by atoms with E-state index in [9.17, 15) is 26.6 Å². The second kappa shape index (κ2) is 7.37. The molecule has 1 unspecified atom stereocenters. The van der Waals surface area contributed by atoms with Crippen molar-refractivity contribution >= 4 is 17.0 Å². The van der Waals surface area contributed by atoms with Crippen LogP contribution in [0.3, 0.4) is 0 Å². The number of carbonyl (C=O) groups excluding carboxylic acids is 1. The standard InChI is InChI=1S/C17H24F4O4S/c18-16(19,17(20,21)26(23)24)2-1-3-25-15(22)9-14-12-5-10-4-11(7-12)8-13(14)6-10/h10-14H,1-9H2,(H,23,24). The molecule has 1 atom stereocenters. The zero-order valence-electron chi connectivity index (χ0n) is 14.3. The number of halogens is 4. The number of alkyl halides is 4. The minimum absolute atomic E-state index is 0.266. The van der Waals surface area contributed by atoms with Crippen LogP contribution in [0.1, 0.15) is 51.4 Å². The SMILES string of the molecule is O=C(CC1C2CC3CC(C2)CC1C3)OCCCC(F)(F)C(F)(F)S(=O)O. The first kappa shape index (κ1) is 20.0. The summed E-state index contributed by atoms with van der Waals surface area (Å²) in [6, 6.07) is 0. The summed E-state index contributed by atoms with van der Waals surface area (Å²) in [5.74, 6) is -2.15. The van der Waals surface area contributed by atoms with Crippen molar-refractivity contribution in [1.82, 2.24) is 0 Å². The molecular formula is C17H24F4O4S. The van der Waals surface area contributed by atoms with Crippen LogP contribution in [0.5, 0.6) is 0 Å². The molecule has 4 nitrogen and oxygen atoms in total. The van der Waals surface area contributed by atoms with Crippen molar-refractivity contribution in [3.8, 4) is 0 Å². The number of hydrogen-bond acceptors (Lipinski definition) is 3. The van der Waals surface area contributed by atoms with Crippen LogP contribution in [0.2, 0.25) is 0 Å². The average molecular weight is 400 g/mol. The van der Waals surface area contributed by atoms with Gasteiger partial charge in [-0.15, -0.1) is 0 Å². The second-order valence-electron chi connectivity index (χ2n) is 8.09. The Morgan fingerprint density at radius 3 is 2.08 bits per heavy atom. The van der Waals surface area contributed by atoms with Gasteiger partial charge < -0.3 is 9.29 Å². The zero-order valence-corrected chi connectivity index (χ0v) is 15.2. The highest BCUT2D eigenvalue weighted by molar-refractivity contribution is 7.80. The Balaban J connectivity index is 1.40. The molecule has 4 aliphatic carbocycles. The van der Waals surface area contributed by atoms with E-state index in [0.717, 1.165) is 37.5 Å². The van der Waals surface area contributed by atoms with E-state index in [-0.39, 0.29) is 12.3 Å². The number of hydrogen-bond donors (Lipinski definition) is 1. The van der Waals surface area contributed by atoms with Gasteiger partial charge in [-0.25, -0.2) is 4.21 Å². The third kappa shape index (κ3) is 3.93. The van der Waals surface area contributed by atoms with Crippen LogP contribution in [-0.4, -0.2) is 32.5 Å². The summed E-state index contributed by atoms with van der Waals surface area (Å²) >= 11 is -3.96. The summed E-state index contributed by atoms with van der Waals surface area (Å²) in [6.45, 7) is -0.393. The molecule has 0 spiro atoms. The molecule has 26 heavy (non-hydrogen) atoms. The van der Waals surface area contributed by atoms with Crippen LogP contribution >= 0.6 is 0 Å². The van der Waals surface area contributed by atoms with Crippen molar-refractivity contribution in [2.45, 2.75) is 62.5 Å². The Morgan fingerprint density at radius 1 is 1.04 bits per heavy atom. The molecule has 4 aliphatic rings. The summed E-state index contributed by atoms with van der Waals surface area (Å²) in [4.78, 5) is 12.0. The molecule has 4 fully saturated rings. The highest BCUT2D eigenvalue weighted by Crippen LogP contribution is 2.57. The van der Waals surface area contributed by atoms with Crippen LogP contribution in [0.25, 0.3) is 0 Å². The highest BCUT2D eigenvalue weighted by atomic mass is 32.2. The molecule has 0 aromatic carbocycles. The quantitative estimate of drug-likeness (QED) is 0.287. The van der Waals surface area contributed by atoms with Crippen LogP contribution in [0.15, 0.2) is 0 Å². The molecule has 9 heteroatoms. The lowest BCUT2D eigenvalue weighted by Gasteiger charge is -2.54. The maximum Gasteiger partial charge on any atom is 0.406 e. The van der Waals surface area contributed by atoms with E-state index in [1.165, 1.54) is 6.42 Å². The Morgan fingerprint density at radius 2 is 1.58 bits per heavy atom. The highest BCUT2D eigenvalue weighted by Gasteiger charge is 2.60. The lowest BCUT2D eigenvalue weighted by molar-refractivity contribution is -0.165. The van der Waals surface area contributed by atoms with Gasteiger partial charge in [-0.2, -0.15) is 17.6 Å². The van der Waals surface area contributed by atoms with Gasteiger partial charge >= 0.3 is 17.1 Å². The van der Waals surface area contributed by atoms with Gasteiger partial charge in [-0.1, -0.05) is 0 Å². The third-order valence-corrected chi connectivity index (χ3v) is 7.10. The van der Waals surface area contributed by atoms with Crippen molar-refractivity contribution in [3.63, 3.8) is 0 Å². The van der Waals surface area contributed by atoms with Gasteiger partial charge in [0, 0.05) is 12.8 Å². The number of ether oxygens (including phenoxy) is 1. The monoisotopic (exact) mass is 400 g/mol. The summed E-state index contributed by atoms with van der Waals surface area (Å²) in [6.07, 6.45) is 4.39. The Bertz CT molecular complexity index is 541. The third-order valence-electron chi connectivity index (χ3n) is 6.37. The first-order valence-electron chi connectivity index (χ1n) is 9.12. The Kier molecular flexibility index (Phi) is 5.68. The van der Waals surface area contributed by atoms with Crippen LogP contribution in [-0.2, 0) is 20.6 Å². The number of esters is 1. The van der Waals surface area contributed by atoms with Crippen LogP contribution in [0.4, 0.5) is 17.6 Å². The predicted octanol–water partition coefficient (Wildman–Crippen LogP) is 4.22. The second-order valence-corrected chi connectivity index (χ2v) is 9.10. The molecule has 4 rings (SSSR count). The topological polar surface area (TPSA) is 63.6 Å². The fourth-order valence-electron chi connectivity index (χ4n) is 5.38. The van der Waals surface area contributed by atoms with Gasteiger partial charge in [0.15, 0.2) is 0 Å². The van der Waals surface area contributed by atoms with Crippen LogP contribution < -0.4 is 0 Å². The summed E-state index contributed by atoms with van der Waals surface area (Å²) in [5, 5.41) is -5.02. The van der Waals surface area contributed by atoms with E-state index in [0.29, 0.717) is 11.8 Å². The van der Waals surface area contributed by atoms with Crippen LogP contribution in [0, 0.1) is 29.6 Å². The molecule has 0 radical (unpaired) electrons. The molecule has 0 aliphatic heterocycles. The fraction of sp³-hybridized carbons (Fsp3) is 0.941. The summed E-state index contributed by atoms with van der Waals surface area (Å²) in [7, 11) is 0. The number of rotatable bonds is 8. The molecule has 0 heterocycles. The summed E-state index contributed by atoms with van der Waals surface area (Å²) in [5.41, 5.74) is 0. The molecular weight excluding hydrogens is 376 g/mol. The summed E-state index contributed by atoms with van der Waals surface area (Å²) < 4.78 is 76.2. The van der Waals surface area contributed by atoms with Gasteiger partial charge in [0.2, 0.25) is 11.1 Å². The average Bonchev–Trinajstić information content (AvgIpc) is 2.54. The Hall–Kier alpha value is -0.700. The van der Waals surface area contributed by atoms with E-state index in [1.807, 2.05) is 0 Å². The lowest BCUT2D eigenvalue weighted by Crippen LogP contribution is -2.45. The molecule has 0 aromatic heterocycles. The first-order valence-corrected chi connectivity index (χ1v) is 10.2. The van der Waals surface area contributed by atoms with E-state index in [4.69, 9.17) is 9.29 Å². The normalized spacial score (nSPS) is 34.7. The molecule has 4 saturated carbocycles. The smallest absolute Gasteiger partial charge is 0.406 e. The molecule has 150 valence electrons. The largest absolute Gasteiger partial charge is 0.466 e. The van der Waals surface area contributed by atoms with E-state index in [1.54, 1.807) is 0 Å². The van der Waals surface area contributed by atoms with Crippen molar-refractivity contribution in [2.75, 3.05) is 6.61 Å². The first-order chi connectivity index (χ1) is 12.1. The van der Waals surface area contributed by atoms with Gasteiger partial charge in [-0.3, -0.25) is 4.79 Å². The maximum absolute atomic E-state index is 13.3. The molecule has 0 saturated heterocycles. The van der Waals surface area contributed by atoms with Crippen molar-refractivity contribution in [1.29, 1.82) is 0 Å².